The molecule has 1 heterocycles. The van der Waals surface area contributed by atoms with Crippen LogP contribution in [-0.2, 0) is 6.42 Å². The van der Waals surface area contributed by atoms with Gasteiger partial charge in [-0.05, 0) is 25.5 Å². The Morgan fingerprint density at radius 2 is 2.25 bits per heavy atom. The monoisotopic (exact) mass is 216 g/mol. The maximum absolute atomic E-state index is 5.50. The van der Waals surface area contributed by atoms with E-state index in [1.807, 2.05) is 6.07 Å². The Labute approximate surface area is 95.3 Å². The summed E-state index contributed by atoms with van der Waals surface area (Å²) >= 11 is 0. The largest absolute Gasteiger partial charge is 0.361 e. The topological polar surface area (TPSA) is 52.0 Å². The molecular formula is C13H16N2O. The van der Waals surface area contributed by atoms with Crippen LogP contribution in [0.15, 0.2) is 35.0 Å². The molecule has 84 valence electrons. The average Bonchev–Trinajstić information content (AvgIpc) is 2.74. The minimum Gasteiger partial charge on any atom is -0.361 e. The Balaban J connectivity index is 2.29. The Morgan fingerprint density at radius 3 is 3.00 bits per heavy atom. The zero-order chi connectivity index (χ0) is 11.4. The minimum absolute atomic E-state index is 0.675. The Morgan fingerprint density at radius 1 is 1.38 bits per heavy atom. The van der Waals surface area contributed by atoms with Gasteiger partial charge < -0.3 is 10.3 Å². The Bertz CT molecular complexity index is 462. The van der Waals surface area contributed by atoms with Crippen molar-refractivity contribution in [3.8, 4) is 11.1 Å². The number of benzene rings is 1. The first-order valence-corrected chi connectivity index (χ1v) is 5.52. The molecule has 0 saturated carbocycles. The van der Waals surface area contributed by atoms with E-state index in [9.17, 15) is 0 Å². The molecular weight excluding hydrogens is 200 g/mol. The highest BCUT2D eigenvalue weighted by Gasteiger charge is 2.09. The van der Waals surface area contributed by atoms with Crippen molar-refractivity contribution in [3.63, 3.8) is 0 Å². The molecule has 3 heteroatoms. The maximum Gasteiger partial charge on any atom is 0.144 e. The Hall–Kier alpha value is -1.61. The van der Waals surface area contributed by atoms with Crippen molar-refractivity contribution in [3.05, 3.63) is 41.8 Å². The fraction of sp³-hybridized carbons (Fsp3) is 0.308. The molecule has 0 saturated heterocycles. The van der Waals surface area contributed by atoms with Crippen molar-refractivity contribution >= 4 is 0 Å². The van der Waals surface area contributed by atoms with E-state index in [1.54, 1.807) is 6.20 Å². The molecule has 0 unspecified atom stereocenters. The summed E-state index contributed by atoms with van der Waals surface area (Å²) in [6.45, 7) is 2.75. The molecule has 1 aromatic carbocycles. The fourth-order valence-electron chi connectivity index (χ4n) is 1.75. The van der Waals surface area contributed by atoms with E-state index >= 15 is 0 Å². The normalized spacial score (nSPS) is 10.6. The second-order valence-corrected chi connectivity index (χ2v) is 3.92. The van der Waals surface area contributed by atoms with E-state index in [1.165, 1.54) is 5.56 Å². The summed E-state index contributed by atoms with van der Waals surface area (Å²) in [5.41, 5.74) is 8.98. The second-order valence-electron chi connectivity index (χ2n) is 3.92. The molecule has 2 aromatic rings. The highest BCUT2D eigenvalue weighted by atomic mass is 16.5. The lowest BCUT2D eigenvalue weighted by Crippen LogP contribution is -2.00. The van der Waals surface area contributed by atoms with Gasteiger partial charge >= 0.3 is 0 Å². The van der Waals surface area contributed by atoms with E-state index in [2.05, 4.69) is 30.3 Å². The van der Waals surface area contributed by atoms with Crippen LogP contribution in [0.5, 0.6) is 0 Å². The number of aromatic nitrogens is 1. The van der Waals surface area contributed by atoms with Gasteiger partial charge in [0.2, 0.25) is 0 Å². The van der Waals surface area contributed by atoms with Crippen LogP contribution in [0.25, 0.3) is 11.1 Å². The van der Waals surface area contributed by atoms with Crippen molar-refractivity contribution in [1.82, 2.24) is 5.16 Å². The molecule has 0 aliphatic rings. The molecule has 0 atom stereocenters. The number of rotatable bonds is 4. The lowest BCUT2D eigenvalue weighted by molar-refractivity contribution is 0.382. The number of nitrogens with two attached hydrogens (primary N) is 1. The standard InChI is InChI=1S/C13H16N2O/c1-10-4-2-5-11(8-10)12-9-15-16-13(12)6-3-7-14/h2,4-5,8-9H,3,6-7,14H2,1H3. The van der Waals surface area contributed by atoms with Gasteiger partial charge in [0.05, 0.1) is 6.20 Å². The molecule has 1 aromatic heterocycles. The predicted molar refractivity (Wildman–Crippen MR) is 64.1 cm³/mol. The van der Waals surface area contributed by atoms with Crippen LogP contribution in [0.4, 0.5) is 0 Å². The summed E-state index contributed by atoms with van der Waals surface area (Å²) in [4.78, 5) is 0. The van der Waals surface area contributed by atoms with E-state index < -0.39 is 0 Å². The van der Waals surface area contributed by atoms with Gasteiger partial charge in [-0.3, -0.25) is 0 Å². The van der Waals surface area contributed by atoms with Crippen molar-refractivity contribution < 1.29 is 4.52 Å². The third kappa shape index (κ3) is 2.31. The smallest absolute Gasteiger partial charge is 0.144 e. The zero-order valence-electron chi connectivity index (χ0n) is 9.44. The van der Waals surface area contributed by atoms with Crippen molar-refractivity contribution in [2.24, 2.45) is 5.73 Å². The third-order valence-corrected chi connectivity index (χ3v) is 2.58. The van der Waals surface area contributed by atoms with Gasteiger partial charge in [-0.2, -0.15) is 0 Å². The summed E-state index contributed by atoms with van der Waals surface area (Å²) < 4.78 is 5.26. The Kier molecular flexibility index (Phi) is 3.37. The molecule has 0 spiro atoms. The van der Waals surface area contributed by atoms with Crippen molar-refractivity contribution in [1.29, 1.82) is 0 Å². The maximum atomic E-state index is 5.50. The number of aryl methyl sites for hydroxylation is 2. The van der Waals surface area contributed by atoms with Crippen LogP contribution in [0.1, 0.15) is 17.7 Å². The molecule has 0 bridgehead atoms. The molecule has 16 heavy (non-hydrogen) atoms. The lowest BCUT2D eigenvalue weighted by Gasteiger charge is -2.01. The SMILES string of the molecule is Cc1cccc(-c2cnoc2CCCN)c1. The summed E-state index contributed by atoms with van der Waals surface area (Å²) in [5.74, 6) is 0.927. The van der Waals surface area contributed by atoms with Gasteiger partial charge in [-0.25, -0.2) is 0 Å². The molecule has 0 amide bonds. The van der Waals surface area contributed by atoms with Crippen LogP contribution >= 0.6 is 0 Å². The first kappa shape index (κ1) is 10.9. The van der Waals surface area contributed by atoms with Gasteiger partial charge in [0.15, 0.2) is 0 Å². The molecule has 2 N–H and O–H groups in total. The van der Waals surface area contributed by atoms with Crippen LogP contribution < -0.4 is 5.73 Å². The third-order valence-electron chi connectivity index (χ3n) is 2.58. The van der Waals surface area contributed by atoms with Crippen LogP contribution in [0.2, 0.25) is 0 Å². The lowest BCUT2D eigenvalue weighted by atomic mass is 10.0. The molecule has 0 aliphatic heterocycles. The van der Waals surface area contributed by atoms with Gasteiger partial charge in [0.1, 0.15) is 5.76 Å². The zero-order valence-corrected chi connectivity index (χ0v) is 9.44. The summed E-state index contributed by atoms with van der Waals surface area (Å²) in [6.07, 6.45) is 3.55. The van der Waals surface area contributed by atoms with Crippen molar-refractivity contribution in [2.75, 3.05) is 6.54 Å². The first-order valence-electron chi connectivity index (χ1n) is 5.52. The number of hydrogen-bond donors (Lipinski definition) is 1. The molecule has 3 nitrogen and oxygen atoms in total. The molecule has 0 aliphatic carbocycles. The highest BCUT2D eigenvalue weighted by Crippen LogP contribution is 2.25. The van der Waals surface area contributed by atoms with Crippen LogP contribution in [-0.4, -0.2) is 11.7 Å². The minimum atomic E-state index is 0.675. The van der Waals surface area contributed by atoms with E-state index in [-0.39, 0.29) is 0 Å². The predicted octanol–water partition coefficient (Wildman–Crippen LogP) is 2.54. The molecule has 2 rings (SSSR count). The fourth-order valence-corrected chi connectivity index (χ4v) is 1.75. The second kappa shape index (κ2) is 4.94. The number of hydrogen-bond acceptors (Lipinski definition) is 3. The molecule has 0 fully saturated rings. The summed E-state index contributed by atoms with van der Waals surface area (Å²) in [6, 6.07) is 8.34. The average molecular weight is 216 g/mol. The van der Waals surface area contributed by atoms with Gasteiger partial charge in [0, 0.05) is 12.0 Å². The first-order chi connectivity index (χ1) is 7.81. The quantitative estimate of drug-likeness (QED) is 0.854. The van der Waals surface area contributed by atoms with E-state index in [0.717, 1.165) is 29.7 Å². The van der Waals surface area contributed by atoms with Crippen LogP contribution in [0.3, 0.4) is 0 Å². The van der Waals surface area contributed by atoms with Crippen LogP contribution in [0, 0.1) is 6.92 Å². The van der Waals surface area contributed by atoms with E-state index in [0.29, 0.717) is 6.54 Å². The number of nitrogens with zero attached hydrogens (tertiary/aromatic N) is 1. The van der Waals surface area contributed by atoms with Crippen molar-refractivity contribution in [2.45, 2.75) is 19.8 Å². The summed E-state index contributed by atoms with van der Waals surface area (Å²) in [5, 5.41) is 3.87. The van der Waals surface area contributed by atoms with Gasteiger partial charge in [-0.1, -0.05) is 35.0 Å². The summed E-state index contributed by atoms with van der Waals surface area (Å²) in [7, 11) is 0. The van der Waals surface area contributed by atoms with E-state index in [4.69, 9.17) is 10.3 Å². The van der Waals surface area contributed by atoms with Gasteiger partial charge in [-0.15, -0.1) is 0 Å². The van der Waals surface area contributed by atoms with Gasteiger partial charge in [0.25, 0.3) is 0 Å². The highest BCUT2D eigenvalue weighted by molar-refractivity contribution is 5.65. The molecule has 0 radical (unpaired) electrons.